The number of carbonyl (C=O) groups is 1. The molecule has 1 heterocycles. The first-order valence-corrected chi connectivity index (χ1v) is 8.17. The normalized spacial score (nSPS) is 12.4. The van der Waals surface area contributed by atoms with E-state index in [-0.39, 0.29) is 0 Å². The van der Waals surface area contributed by atoms with Gasteiger partial charge in [-0.1, -0.05) is 59.6 Å². The van der Waals surface area contributed by atoms with Gasteiger partial charge in [-0.3, -0.25) is 4.79 Å². The number of aromatic nitrogens is 1. The first-order valence-electron chi connectivity index (χ1n) is 7.41. The van der Waals surface area contributed by atoms with Crippen LogP contribution in [0.1, 0.15) is 17.2 Å². The first-order chi connectivity index (χ1) is 12.0. The predicted octanol–water partition coefficient (Wildman–Crippen LogP) is 5.53. The van der Waals surface area contributed by atoms with Crippen molar-refractivity contribution in [1.82, 2.24) is 4.98 Å². The largest absolute Gasteiger partial charge is 0.481 e. The quantitative estimate of drug-likeness (QED) is 0.638. The van der Waals surface area contributed by atoms with E-state index < -0.39 is 11.9 Å². The minimum Gasteiger partial charge on any atom is -0.481 e. The molecule has 0 saturated carbocycles. The molecule has 4 nitrogen and oxygen atoms in total. The number of benzene rings is 2. The van der Waals surface area contributed by atoms with Crippen LogP contribution in [0.15, 0.2) is 65.3 Å². The van der Waals surface area contributed by atoms with E-state index in [1.165, 1.54) is 6.26 Å². The van der Waals surface area contributed by atoms with Gasteiger partial charge in [0.15, 0.2) is 0 Å². The SMILES string of the molecule is O=C(O)C(C=Cc1coc(-c2ccc(Cl)c(Cl)c2)n1)c1ccccc1. The Hall–Kier alpha value is -2.56. The van der Waals surface area contributed by atoms with E-state index >= 15 is 0 Å². The molecular weight excluding hydrogens is 361 g/mol. The third kappa shape index (κ3) is 4.10. The minimum absolute atomic E-state index is 0.379. The van der Waals surface area contributed by atoms with E-state index in [4.69, 9.17) is 27.6 Å². The van der Waals surface area contributed by atoms with E-state index in [1.54, 1.807) is 54.6 Å². The third-order valence-corrected chi connectivity index (χ3v) is 4.31. The van der Waals surface area contributed by atoms with E-state index in [2.05, 4.69) is 4.98 Å². The van der Waals surface area contributed by atoms with Crippen molar-refractivity contribution in [3.63, 3.8) is 0 Å². The molecule has 1 N–H and O–H groups in total. The lowest BCUT2D eigenvalue weighted by Crippen LogP contribution is -2.08. The Morgan fingerprint density at radius 1 is 1.12 bits per heavy atom. The minimum atomic E-state index is -0.935. The Balaban J connectivity index is 1.83. The van der Waals surface area contributed by atoms with Gasteiger partial charge < -0.3 is 9.52 Å². The van der Waals surface area contributed by atoms with Crippen LogP contribution in [0.4, 0.5) is 0 Å². The molecule has 3 rings (SSSR count). The summed E-state index contributed by atoms with van der Waals surface area (Å²) in [6, 6.07) is 14.1. The van der Waals surface area contributed by atoms with E-state index in [9.17, 15) is 9.90 Å². The number of carboxylic acids is 1. The molecule has 0 radical (unpaired) electrons. The maximum absolute atomic E-state index is 11.5. The highest BCUT2D eigenvalue weighted by Crippen LogP contribution is 2.28. The number of hydrogen-bond donors (Lipinski definition) is 1. The first kappa shape index (κ1) is 17.3. The number of hydrogen-bond acceptors (Lipinski definition) is 3. The summed E-state index contributed by atoms with van der Waals surface area (Å²) >= 11 is 11.9. The molecule has 0 aliphatic carbocycles. The monoisotopic (exact) mass is 373 g/mol. The Morgan fingerprint density at radius 2 is 1.88 bits per heavy atom. The molecule has 0 fully saturated rings. The Morgan fingerprint density at radius 3 is 2.56 bits per heavy atom. The van der Waals surface area contributed by atoms with Crippen LogP contribution in [0, 0.1) is 0 Å². The standard InChI is InChI=1S/C19H13Cl2NO3/c20-16-9-6-13(10-17(16)21)18-22-14(11-25-18)7-8-15(19(23)24)12-4-2-1-3-5-12/h1-11,15H,(H,23,24). The fourth-order valence-corrected chi connectivity index (χ4v) is 2.61. The molecule has 25 heavy (non-hydrogen) atoms. The van der Waals surface area contributed by atoms with E-state index in [1.807, 2.05) is 6.07 Å². The maximum Gasteiger partial charge on any atom is 0.314 e. The molecule has 3 aromatic rings. The van der Waals surface area contributed by atoms with Crippen LogP contribution >= 0.6 is 23.2 Å². The van der Waals surface area contributed by atoms with Crippen molar-refractivity contribution in [1.29, 1.82) is 0 Å². The number of carboxylic acid groups (broad SMARTS) is 1. The summed E-state index contributed by atoms with van der Waals surface area (Å²) in [5.74, 6) is -1.31. The summed E-state index contributed by atoms with van der Waals surface area (Å²) in [5.41, 5.74) is 1.90. The molecule has 126 valence electrons. The molecule has 0 aliphatic heterocycles. The van der Waals surface area contributed by atoms with E-state index in [0.717, 1.165) is 0 Å². The molecule has 0 spiro atoms. The van der Waals surface area contributed by atoms with E-state index in [0.29, 0.717) is 32.8 Å². The van der Waals surface area contributed by atoms with Gasteiger partial charge in [0.1, 0.15) is 17.9 Å². The summed E-state index contributed by atoms with van der Waals surface area (Å²) in [6.07, 6.45) is 4.66. The fraction of sp³-hybridized carbons (Fsp3) is 0.0526. The van der Waals surface area contributed by atoms with Crippen LogP contribution in [-0.4, -0.2) is 16.1 Å². The van der Waals surface area contributed by atoms with Gasteiger partial charge >= 0.3 is 5.97 Å². The summed E-state index contributed by atoms with van der Waals surface area (Å²) < 4.78 is 5.43. The smallest absolute Gasteiger partial charge is 0.314 e. The number of rotatable bonds is 5. The lowest BCUT2D eigenvalue weighted by molar-refractivity contribution is -0.137. The van der Waals surface area contributed by atoms with Crippen LogP contribution < -0.4 is 0 Å². The average Bonchev–Trinajstić information content (AvgIpc) is 3.07. The fourth-order valence-electron chi connectivity index (χ4n) is 2.32. The summed E-state index contributed by atoms with van der Waals surface area (Å²) in [5, 5.41) is 10.3. The van der Waals surface area contributed by atoms with Crippen molar-refractivity contribution in [2.75, 3.05) is 0 Å². The molecule has 1 atom stereocenters. The molecular formula is C19H13Cl2NO3. The second kappa shape index (κ2) is 7.55. The molecule has 6 heteroatoms. The van der Waals surface area contributed by atoms with Crippen LogP contribution in [0.2, 0.25) is 10.0 Å². The van der Waals surface area contributed by atoms with Gasteiger partial charge in [0.05, 0.1) is 10.0 Å². The van der Waals surface area contributed by atoms with Gasteiger partial charge in [-0.2, -0.15) is 0 Å². The summed E-state index contributed by atoms with van der Waals surface area (Å²) in [7, 11) is 0. The highest BCUT2D eigenvalue weighted by atomic mass is 35.5. The number of aliphatic carboxylic acids is 1. The van der Waals surface area contributed by atoms with Crippen molar-refractivity contribution >= 4 is 35.2 Å². The second-order valence-electron chi connectivity index (χ2n) is 5.29. The van der Waals surface area contributed by atoms with Gasteiger partial charge in [0.2, 0.25) is 5.89 Å². The van der Waals surface area contributed by atoms with Gasteiger partial charge in [-0.15, -0.1) is 0 Å². The summed E-state index contributed by atoms with van der Waals surface area (Å²) in [6.45, 7) is 0. The zero-order valence-electron chi connectivity index (χ0n) is 12.9. The molecule has 0 aliphatic rings. The van der Waals surface area contributed by atoms with Crippen molar-refractivity contribution in [2.45, 2.75) is 5.92 Å². The molecule has 2 aromatic carbocycles. The zero-order chi connectivity index (χ0) is 17.8. The zero-order valence-corrected chi connectivity index (χ0v) is 14.4. The summed E-state index contributed by atoms with van der Waals surface area (Å²) in [4.78, 5) is 15.8. The van der Waals surface area contributed by atoms with Crippen molar-refractivity contribution < 1.29 is 14.3 Å². The molecule has 0 saturated heterocycles. The van der Waals surface area contributed by atoms with Gasteiger partial charge in [-0.25, -0.2) is 4.98 Å². The van der Waals surface area contributed by atoms with Crippen molar-refractivity contribution in [3.8, 4) is 11.5 Å². The number of nitrogens with zero attached hydrogens (tertiary/aromatic N) is 1. The molecule has 1 unspecified atom stereocenters. The average molecular weight is 374 g/mol. The molecule has 0 amide bonds. The Labute approximate surface area is 154 Å². The lowest BCUT2D eigenvalue weighted by atomic mass is 9.99. The lowest BCUT2D eigenvalue weighted by Gasteiger charge is -2.06. The van der Waals surface area contributed by atoms with Crippen LogP contribution in [-0.2, 0) is 4.79 Å². The van der Waals surface area contributed by atoms with Gasteiger partial charge in [0.25, 0.3) is 0 Å². The van der Waals surface area contributed by atoms with Gasteiger partial charge in [0, 0.05) is 5.56 Å². The predicted molar refractivity (Wildman–Crippen MR) is 97.8 cm³/mol. The van der Waals surface area contributed by atoms with Crippen molar-refractivity contribution in [2.24, 2.45) is 0 Å². The third-order valence-electron chi connectivity index (χ3n) is 3.57. The highest BCUT2D eigenvalue weighted by molar-refractivity contribution is 6.42. The van der Waals surface area contributed by atoms with Crippen LogP contribution in [0.25, 0.3) is 17.5 Å². The van der Waals surface area contributed by atoms with Crippen LogP contribution in [0.3, 0.4) is 0 Å². The Bertz CT molecular complexity index is 919. The Kier molecular flexibility index (Phi) is 5.22. The maximum atomic E-state index is 11.5. The van der Waals surface area contributed by atoms with Crippen molar-refractivity contribution in [3.05, 3.63) is 82.2 Å². The highest BCUT2D eigenvalue weighted by Gasteiger charge is 2.16. The number of oxazole rings is 1. The number of halogens is 2. The topological polar surface area (TPSA) is 63.3 Å². The van der Waals surface area contributed by atoms with Gasteiger partial charge in [-0.05, 0) is 29.8 Å². The molecule has 1 aromatic heterocycles. The molecule has 0 bridgehead atoms. The second-order valence-corrected chi connectivity index (χ2v) is 6.11. The van der Waals surface area contributed by atoms with Crippen LogP contribution in [0.5, 0.6) is 0 Å².